The molecule has 1 aliphatic heterocycles. The van der Waals surface area contributed by atoms with E-state index in [0.29, 0.717) is 15.8 Å². The van der Waals surface area contributed by atoms with Crippen LogP contribution in [0.25, 0.3) is 15.3 Å². The Balaban J connectivity index is 1.45. The normalized spacial score (nSPS) is 17.1. The summed E-state index contributed by atoms with van der Waals surface area (Å²) in [5.41, 5.74) is 4.20. The van der Waals surface area contributed by atoms with Gasteiger partial charge in [0.15, 0.2) is 10.2 Å². The number of nitrogens with zero attached hydrogens (tertiary/aromatic N) is 4. The number of halogens is 1. The Morgan fingerprint density at radius 1 is 1.10 bits per heavy atom. The first-order valence-corrected chi connectivity index (χ1v) is 14.2. The molecule has 0 saturated carbocycles. The first-order valence-electron chi connectivity index (χ1n) is 12.5. The summed E-state index contributed by atoms with van der Waals surface area (Å²) < 4.78 is 3.24. The largest absolute Gasteiger partial charge is 0.351 e. The van der Waals surface area contributed by atoms with Crippen LogP contribution in [0, 0.1) is 5.92 Å². The lowest BCUT2D eigenvalue weighted by molar-refractivity contribution is -0.118. The lowest BCUT2D eigenvalue weighted by Crippen LogP contribution is -2.30. The van der Waals surface area contributed by atoms with Gasteiger partial charge in [-0.1, -0.05) is 55.0 Å². The molecular formula is C29H25ClN6OS2. The molecule has 0 radical (unpaired) electrons. The second-order valence-corrected chi connectivity index (χ2v) is 11.4. The third kappa shape index (κ3) is 4.78. The van der Waals surface area contributed by atoms with Crippen LogP contribution < -0.4 is 15.5 Å². The summed E-state index contributed by atoms with van der Waals surface area (Å²) in [7, 11) is 0. The van der Waals surface area contributed by atoms with Crippen LogP contribution in [0.15, 0.2) is 85.2 Å². The van der Waals surface area contributed by atoms with Crippen LogP contribution in [0.3, 0.4) is 0 Å². The van der Waals surface area contributed by atoms with Crippen molar-refractivity contribution in [1.29, 1.82) is 0 Å². The third-order valence-corrected chi connectivity index (χ3v) is 8.35. The molecule has 6 rings (SSSR count). The number of pyridine rings is 1. The van der Waals surface area contributed by atoms with E-state index in [4.69, 9.17) is 28.8 Å². The van der Waals surface area contributed by atoms with E-state index in [1.807, 2.05) is 80.7 Å². The molecule has 2 N–H and O–H groups in total. The zero-order valence-electron chi connectivity index (χ0n) is 21.2. The first kappa shape index (κ1) is 25.5. The van der Waals surface area contributed by atoms with Gasteiger partial charge in [0.05, 0.1) is 38.4 Å². The number of para-hydroxylation sites is 1. The van der Waals surface area contributed by atoms with Crippen LogP contribution in [0.5, 0.6) is 0 Å². The number of rotatable bonds is 6. The number of benzene rings is 2. The predicted molar refractivity (Wildman–Crippen MR) is 162 cm³/mol. The van der Waals surface area contributed by atoms with Gasteiger partial charge in [0.2, 0.25) is 5.91 Å². The van der Waals surface area contributed by atoms with Crippen molar-refractivity contribution in [3.05, 3.63) is 102 Å². The monoisotopic (exact) mass is 572 g/mol. The summed E-state index contributed by atoms with van der Waals surface area (Å²) in [4.78, 5) is 23.9. The van der Waals surface area contributed by atoms with E-state index in [9.17, 15) is 4.79 Å². The lowest BCUT2D eigenvalue weighted by atomic mass is 10.0. The Bertz CT molecular complexity index is 1650. The van der Waals surface area contributed by atoms with Gasteiger partial charge in [-0.3, -0.25) is 14.3 Å². The maximum Gasteiger partial charge on any atom is 0.226 e. The zero-order valence-corrected chi connectivity index (χ0v) is 23.6. The van der Waals surface area contributed by atoms with E-state index >= 15 is 0 Å². The molecule has 0 spiro atoms. The predicted octanol–water partition coefficient (Wildman–Crippen LogP) is 6.91. The Kier molecular flexibility index (Phi) is 6.80. The highest BCUT2D eigenvalue weighted by atomic mass is 35.5. The van der Waals surface area contributed by atoms with Crippen molar-refractivity contribution in [2.45, 2.75) is 25.9 Å². The molecule has 196 valence electrons. The molecule has 39 heavy (non-hydrogen) atoms. The fourth-order valence-electron chi connectivity index (χ4n) is 4.74. The molecule has 1 aliphatic rings. The average Bonchev–Trinajstić information content (AvgIpc) is 3.66. The molecule has 5 aromatic rings. The quantitative estimate of drug-likeness (QED) is 0.215. The van der Waals surface area contributed by atoms with Crippen molar-refractivity contribution in [2.24, 2.45) is 5.92 Å². The van der Waals surface area contributed by atoms with Gasteiger partial charge >= 0.3 is 0 Å². The summed E-state index contributed by atoms with van der Waals surface area (Å²) in [5, 5.41) is 8.26. The standard InChI is InChI=1S/C29H25ClN6OS2/c1-17(2)27(37)32-20-13-12-18(16-19(20)30)36-26(25(34-28(36)38)22-9-5-6-14-31-22)23-10-7-15-35(23)29-33-21-8-3-4-11-24(21)39-29/h3-17,25-26H,1-2H3,(H,32,37)(H,34,38)/t25-,26-/m1/s1. The van der Waals surface area contributed by atoms with Gasteiger partial charge in [-0.2, -0.15) is 0 Å². The van der Waals surface area contributed by atoms with Gasteiger partial charge in [-0.05, 0) is 66.8 Å². The maximum absolute atomic E-state index is 12.3. The average molecular weight is 573 g/mol. The van der Waals surface area contributed by atoms with Crippen LogP contribution >= 0.6 is 35.2 Å². The van der Waals surface area contributed by atoms with Crippen LogP contribution in [0.1, 0.15) is 37.3 Å². The smallest absolute Gasteiger partial charge is 0.226 e. The molecule has 7 nitrogen and oxygen atoms in total. The lowest BCUT2D eigenvalue weighted by Gasteiger charge is -2.29. The molecule has 0 bridgehead atoms. The van der Waals surface area contributed by atoms with E-state index in [0.717, 1.165) is 32.4 Å². The molecule has 3 aromatic heterocycles. The number of carbonyl (C=O) groups excluding carboxylic acids is 1. The molecule has 1 saturated heterocycles. The fraction of sp³-hybridized carbons (Fsp3) is 0.172. The highest BCUT2D eigenvalue weighted by Gasteiger charge is 2.42. The summed E-state index contributed by atoms with van der Waals surface area (Å²) in [6.45, 7) is 3.68. The van der Waals surface area contributed by atoms with E-state index in [1.165, 1.54) is 0 Å². The molecule has 2 aromatic carbocycles. The number of amides is 1. The van der Waals surface area contributed by atoms with Crippen molar-refractivity contribution < 1.29 is 4.79 Å². The summed E-state index contributed by atoms with van der Waals surface area (Å²) in [6.07, 6.45) is 3.81. The number of hydrogen-bond donors (Lipinski definition) is 2. The van der Waals surface area contributed by atoms with Crippen molar-refractivity contribution >= 4 is 67.8 Å². The molecule has 10 heteroatoms. The minimum absolute atomic E-state index is 0.0928. The third-order valence-electron chi connectivity index (χ3n) is 6.68. The second-order valence-electron chi connectivity index (χ2n) is 9.57. The van der Waals surface area contributed by atoms with Crippen molar-refractivity contribution in [2.75, 3.05) is 10.2 Å². The summed E-state index contributed by atoms with van der Waals surface area (Å²) in [6, 6.07) is 23.2. The molecule has 1 amide bonds. The van der Waals surface area contributed by atoms with E-state index < -0.39 is 0 Å². The zero-order chi connectivity index (χ0) is 27.1. The molecular weight excluding hydrogens is 548 g/mol. The Morgan fingerprint density at radius 2 is 1.92 bits per heavy atom. The number of aromatic nitrogens is 3. The number of hydrogen-bond acceptors (Lipinski definition) is 5. The Hall–Kier alpha value is -3.79. The van der Waals surface area contributed by atoms with Gasteiger partial charge in [-0.15, -0.1) is 0 Å². The van der Waals surface area contributed by atoms with Crippen molar-refractivity contribution in [3.63, 3.8) is 0 Å². The minimum Gasteiger partial charge on any atom is -0.351 e. The number of thiocarbonyl (C=S) groups is 1. The fourth-order valence-corrected chi connectivity index (χ4v) is 6.28. The molecule has 4 heterocycles. The van der Waals surface area contributed by atoms with E-state index in [2.05, 4.69) is 37.2 Å². The van der Waals surface area contributed by atoms with E-state index in [-0.39, 0.29) is 23.9 Å². The van der Waals surface area contributed by atoms with Gasteiger partial charge < -0.3 is 15.5 Å². The number of carbonyl (C=O) groups is 1. The highest BCUT2D eigenvalue weighted by molar-refractivity contribution is 7.80. The Morgan fingerprint density at radius 3 is 2.67 bits per heavy atom. The topological polar surface area (TPSA) is 75.1 Å². The number of anilines is 2. The van der Waals surface area contributed by atoms with Gasteiger partial charge in [0.25, 0.3) is 0 Å². The van der Waals surface area contributed by atoms with E-state index in [1.54, 1.807) is 17.5 Å². The second kappa shape index (κ2) is 10.4. The van der Waals surface area contributed by atoms with Gasteiger partial charge in [0.1, 0.15) is 6.04 Å². The number of thiazole rings is 1. The van der Waals surface area contributed by atoms with Crippen molar-refractivity contribution in [3.8, 4) is 5.13 Å². The molecule has 0 aliphatic carbocycles. The summed E-state index contributed by atoms with van der Waals surface area (Å²) >= 11 is 14.2. The van der Waals surface area contributed by atoms with Crippen LogP contribution in [0.2, 0.25) is 5.02 Å². The van der Waals surface area contributed by atoms with Gasteiger partial charge in [-0.25, -0.2) is 4.98 Å². The highest BCUT2D eigenvalue weighted by Crippen LogP contribution is 2.44. The molecule has 1 fully saturated rings. The first-order chi connectivity index (χ1) is 18.9. The molecule has 0 unspecified atom stereocenters. The van der Waals surface area contributed by atoms with Crippen LogP contribution in [-0.2, 0) is 4.79 Å². The minimum atomic E-state index is -0.249. The van der Waals surface area contributed by atoms with Crippen LogP contribution in [0.4, 0.5) is 11.4 Å². The number of nitrogens with one attached hydrogen (secondary N) is 2. The number of fused-ring (bicyclic) bond motifs is 1. The Labute approximate surface area is 240 Å². The maximum atomic E-state index is 12.3. The van der Waals surface area contributed by atoms with Gasteiger partial charge in [0, 0.05) is 24.0 Å². The summed E-state index contributed by atoms with van der Waals surface area (Å²) in [5.74, 6) is -0.250. The van der Waals surface area contributed by atoms with Crippen LogP contribution in [-0.4, -0.2) is 25.6 Å². The SMILES string of the molecule is CC(C)C(=O)Nc1ccc(N2C(=S)N[C@H](c3ccccn3)[C@H]2c2cccn2-c2nc3ccccc3s2)cc1Cl. The van der Waals surface area contributed by atoms with Crippen molar-refractivity contribution in [1.82, 2.24) is 19.9 Å². The molecule has 2 atom stereocenters.